The van der Waals surface area contributed by atoms with Crippen molar-refractivity contribution in [3.05, 3.63) is 23.9 Å². The predicted molar refractivity (Wildman–Crippen MR) is 99.3 cm³/mol. The topological polar surface area (TPSA) is 63.7 Å². The summed E-state index contributed by atoms with van der Waals surface area (Å²) in [7, 11) is 3.60. The van der Waals surface area contributed by atoms with Crippen molar-refractivity contribution in [3.63, 3.8) is 0 Å². The average Bonchev–Trinajstić information content (AvgIpc) is 3.45. The quantitative estimate of drug-likeness (QED) is 0.846. The molecule has 142 valence electrons. The van der Waals surface area contributed by atoms with Gasteiger partial charge in [-0.1, -0.05) is 0 Å². The molecule has 2 heterocycles. The predicted octanol–water partition coefficient (Wildman–Crippen LogP) is 2.70. The first-order chi connectivity index (χ1) is 12.6. The smallest absolute Gasteiger partial charge is 0.254 e. The molecule has 3 fully saturated rings. The molecule has 1 N–H and O–H groups in total. The molecule has 0 aromatic carbocycles. The van der Waals surface area contributed by atoms with Crippen molar-refractivity contribution in [3.8, 4) is 0 Å². The Morgan fingerprint density at radius 2 is 2.23 bits per heavy atom. The Hall–Kier alpha value is -1.66. The third-order valence-corrected chi connectivity index (χ3v) is 6.33. The van der Waals surface area contributed by atoms with Crippen molar-refractivity contribution < 1.29 is 14.3 Å². The molecular formula is C20H29N3O3. The normalized spacial score (nSPS) is 30.9. The highest BCUT2D eigenvalue weighted by Crippen LogP contribution is 2.44. The molecule has 0 unspecified atom stereocenters. The van der Waals surface area contributed by atoms with E-state index in [0.29, 0.717) is 11.4 Å². The van der Waals surface area contributed by atoms with E-state index in [1.807, 2.05) is 18.0 Å². The number of rotatable bonds is 6. The van der Waals surface area contributed by atoms with E-state index in [9.17, 15) is 4.79 Å². The number of hydrogen-bond acceptors (Lipinski definition) is 5. The molecule has 3 atom stereocenters. The lowest BCUT2D eigenvalue weighted by atomic mass is 9.79. The fourth-order valence-electron chi connectivity index (χ4n) is 4.48. The Morgan fingerprint density at radius 1 is 1.38 bits per heavy atom. The summed E-state index contributed by atoms with van der Waals surface area (Å²) >= 11 is 0. The number of aromatic nitrogens is 1. The van der Waals surface area contributed by atoms with Crippen molar-refractivity contribution >= 4 is 11.7 Å². The van der Waals surface area contributed by atoms with E-state index in [1.165, 1.54) is 12.8 Å². The van der Waals surface area contributed by atoms with Gasteiger partial charge in [0.05, 0.1) is 17.7 Å². The first kappa shape index (κ1) is 17.7. The minimum Gasteiger partial charge on any atom is -0.378 e. The molecule has 6 nitrogen and oxygen atoms in total. The van der Waals surface area contributed by atoms with Crippen molar-refractivity contribution in [2.75, 3.05) is 32.6 Å². The van der Waals surface area contributed by atoms with Crippen LogP contribution in [-0.2, 0) is 9.47 Å². The molecule has 6 heteroatoms. The van der Waals surface area contributed by atoms with Crippen LogP contribution in [0.15, 0.2) is 18.3 Å². The fraction of sp³-hybridized carbons (Fsp3) is 0.700. The van der Waals surface area contributed by atoms with Crippen molar-refractivity contribution in [2.24, 2.45) is 5.92 Å². The fourth-order valence-corrected chi connectivity index (χ4v) is 4.48. The van der Waals surface area contributed by atoms with Gasteiger partial charge < -0.3 is 19.7 Å². The van der Waals surface area contributed by atoms with Gasteiger partial charge in [0.25, 0.3) is 5.91 Å². The Balaban J connectivity index is 1.50. The van der Waals surface area contributed by atoms with Gasteiger partial charge in [0, 0.05) is 39.1 Å². The number of pyridine rings is 1. The largest absolute Gasteiger partial charge is 0.378 e. The molecule has 1 amide bonds. The molecule has 0 radical (unpaired) electrons. The maximum Gasteiger partial charge on any atom is 0.254 e. The Labute approximate surface area is 155 Å². The summed E-state index contributed by atoms with van der Waals surface area (Å²) in [6.45, 7) is 1.62. The zero-order valence-corrected chi connectivity index (χ0v) is 15.7. The summed E-state index contributed by atoms with van der Waals surface area (Å²) in [5.41, 5.74) is 0.464. The van der Waals surface area contributed by atoms with E-state index in [0.717, 1.165) is 44.8 Å². The third kappa shape index (κ3) is 3.32. The Bertz CT molecular complexity index is 663. The van der Waals surface area contributed by atoms with Crippen LogP contribution >= 0.6 is 0 Å². The van der Waals surface area contributed by atoms with Gasteiger partial charge in [-0.25, -0.2) is 4.98 Å². The standard InChI is InChI=1S/C20H29N3O3/c1-21-18-11-15(6-9-22-18)19(24)23-10-8-20(25-2)7-5-16(12-17(20)23)26-13-14-3-4-14/h6,9,11,14,16-17H,3-5,7-8,10,12-13H2,1-2H3,(H,21,22)/t16-,17+,20-/m1/s1. The highest BCUT2D eigenvalue weighted by atomic mass is 16.5. The number of fused-ring (bicyclic) bond motifs is 1. The number of anilines is 1. The molecule has 1 aromatic rings. The number of hydrogen-bond donors (Lipinski definition) is 1. The molecule has 1 aromatic heterocycles. The summed E-state index contributed by atoms with van der Waals surface area (Å²) in [5, 5.41) is 3.00. The van der Waals surface area contributed by atoms with Crippen molar-refractivity contribution in [2.45, 2.75) is 56.3 Å². The molecule has 2 saturated carbocycles. The van der Waals surface area contributed by atoms with Gasteiger partial charge in [-0.15, -0.1) is 0 Å². The molecule has 0 bridgehead atoms. The summed E-state index contributed by atoms with van der Waals surface area (Å²) in [5.74, 6) is 1.54. The third-order valence-electron chi connectivity index (χ3n) is 6.33. The molecule has 3 aliphatic rings. The number of ether oxygens (including phenoxy) is 2. The van der Waals surface area contributed by atoms with Gasteiger partial charge in [0.1, 0.15) is 5.82 Å². The minimum absolute atomic E-state index is 0.0654. The second-order valence-corrected chi connectivity index (χ2v) is 7.89. The van der Waals surface area contributed by atoms with Gasteiger partial charge in [0.15, 0.2) is 0 Å². The van der Waals surface area contributed by atoms with Crippen LogP contribution in [0.5, 0.6) is 0 Å². The van der Waals surface area contributed by atoms with Gasteiger partial charge >= 0.3 is 0 Å². The van der Waals surface area contributed by atoms with Gasteiger partial charge in [-0.2, -0.15) is 0 Å². The first-order valence-corrected chi connectivity index (χ1v) is 9.77. The van der Waals surface area contributed by atoms with Gasteiger partial charge in [0.2, 0.25) is 0 Å². The van der Waals surface area contributed by atoms with Crippen LogP contribution in [0, 0.1) is 5.92 Å². The van der Waals surface area contributed by atoms with Gasteiger partial charge in [-0.05, 0) is 56.6 Å². The number of likely N-dealkylation sites (tertiary alicyclic amines) is 1. The van der Waals surface area contributed by atoms with E-state index < -0.39 is 0 Å². The number of carbonyl (C=O) groups excluding carboxylic acids is 1. The summed E-state index contributed by atoms with van der Waals surface area (Å²) in [4.78, 5) is 19.4. The molecule has 1 saturated heterocycles. The van der Waals surface area contributed by atoms with E-state index in [2.05, 4.69) is 10.3 Å². The van der Waals surface area contributed by atoms with E-state index >= 15 is 0 Å². The van der Waals surface area contributed by atoms with E-state index in [1.54, 1.807) is 19.4 Å². The number of amides is 1. The number of methoxy groups -OCH3 is 1. The monoisotopic (exact) mass is 359 g/mol. The first-order valence-electron chi connectivity index (χ1n) is 9.77. The zero-order chi connectivity index (χ0) is 18.1. The summed E-state index contributed by atoms with van der Waals surface area (Å²) in [6.07, 6.45) is 8.29. The lowest BCUT2D eigenvalue weighted by molar-refractivity contribution is -0.0977. The molecular weight excluding hydrogens is 330 g/mol. The van der Waals surface area contributed by atoms with Gasteiger partial charge in [-0.3, -0.25) is 4.79 Å². The Morgan fingerprint density at radius 3 is 2.96 bits per heavy atom. The minimum atomic E-state index is -0.214. The van der Waals surface area contributed by atoms with Crippen LogP contribution in [0.2, 0.25) is 0 Å². The molecule has 1 aliphatic heterocycles. The SMILES string of the molecule is CNc1cc(C(=O)N2CC[C@]3(OC)CC[C@@H](OCC4CC4)C[C@H]23)ccn1. The summed E-state index contributed by atoms with van der Waals surface area (Å²) in [6, 6.07) is 3.70. The van der Waals surface area contributed by atoms with Crippen LogP contribution in [0.3, 0.4) is 0 Å². The zero-order valence-electron chi connectivity index (χ0n) is 15.7. The second kappa shape index (κ2) is 7.16. The molecule has 2 aliphatic carbocycles. The maximum absolute atomic E-state index is 13.2. The van der Waals surface area contributed by atoms with Crippen molar-refractivity contribution in [1.29, 1.82) is 0 Å². The lowest BCUT2D eigenvalue weighted by Crippen LogP contribution is -2.53. The van der Waals surface area contributed by atoms with E-state index in [4.69, 9.17) is 9.47 Å². The van der Waals surface area contributed by atoms with Crippen molar-refractivity contribution in [1.82, 2.24) is 9.88 Å². The van der Waals surface area contributed by atoms with Crippen LogP contribution in [0.4, 0.5) is 5.82 Å². The highest BCUT2D eigenvalue weighted by molar-refractivity contribution is 5.95. The molecule has 26 heavy (non-hydrogen) atoms. The Kier molecular flexibility index (Phi) is 4.88. The number of carbonyl (C=O) groups is 1. The lowest BCUT2D eigenvalue weighted by Gasteiger charge is -2.43. The van der Waals surface area contributed by atoms with Crippen LogP contribution < -0.4 is 5.32 Å². The van der Waals surface area contributed by atoms with Crippen LogP contribution in [0.25, 0.3) is 0 Å². The summed E-state index contributed by atoms with van der Waals surface area (Å²) < 4.78 is 12.1. The second-order valence-electron chi connectivity index (χ2n) is 7.89. The number of nitrogens with one attached hydrogen (secondary N) is 1. The number of nitrogens with zero attached hydrogens (tertiary/aromatic N) is 2. The average molecular weight is 359 g/mol. The highest BCUT2D eigenvalue weighted by Gasteiger charge is 2.52. The van der Waals surface area contributed by atoms with Crippen LogP contribution in [0.1, 0.15) is 48.9 Å². The molecule has 4 rings (SSSR count). The van der Waals surface area contributed by atoms with Crippen LogP contribution in [-0.4, -0.2) is 60.8 Å². The maximum atomic E-state index is 13.2. The van der Waals surface area contributed by atoms with E-state index in [-0.39, 0.29) is 23.7 Å². The molecule has 0 spiro atoms.